The minimum atomic E-state index is 0.587. The molecule has 0 unspecified atom stereocenters. The highest BCUT2D eigenvalue weighted by atomic mass is 35.5. The molecule has 0 saturated carbocycles. The third kappa shape index (κ3) is 2.09. The van der Waals surface area contributed by atoms with Crippen molar-refractivity contribution in [1.82, 2.24) is 0 Å². The van der Waals surface area contributed by atoms with Crippen LogP contribution < -0.4 is 0 Å². The molecule has 0 amide bonds. The SMILES string of the molecule is C=CCc1ccccc1CCl. The van der Waals surface area contributed by atoms with Crippen molar-refractivity contribution in [3.8, 4) is 0 Å². The van der Waals surface area contributed by atoms with Crippen molar-refractivity contribution < 1.29 is 0 Å². The van der Waals surface area contributed by atoms with Crippen molar-refractivity contribution in [1.29, 1.82) is 0 Å². The van der Waals surface area contributed by atoms with Gasteiger partial charge in [-0.05, 0) is 17.5 Å². The summed E-state index contributed by atoms with van der Waals surface area (Å²) in [6.45, 7) is 3.69. The van der Waals surface area contributed by atoms with E-state index in [4.69, 9.17) is 11.6 Å². The van der Waals surface area contributed by atoms with E-state index in [2.05, 4.69) is 12.6 Å². The van der Waals surface area contributed by atoms with Gasteiger partial charge in [0, 0.05) is 5.88 Å². The van der Waals surface area contributed by atoms with Gasteiger partial charge in [-0.25, -0.2) is 0 Å². The second-order valence-electron chi connectivity index (χ2n) is 2.40. The highest BCUT2D eigenvalue weighted by Gasteiger charge is 1.96. The van der Waals surface area contributed by atoms with Gasteiger partial charge in [-0.3, -0.25) is 0 Å². The number of hydrogen-bond acceptors (Lipinski definition) is 0. The van der Waals surface area contributed by atoms with E-state index in [1.54, 1.807) is 0 Å². The average molecular weight is 167 g/mol. The molecular weight excluding hydrogens is 156 g/mol. The second kappa shape index (κ2) is 4.20. The van der Waals surface area contributed by atoms with Gasteiger partial charge in [-0.2, -0.15) is 0 Å². The Balaban J connectivity index is 2.92. The molecule has 0 nitrogen and oxygen atoms in total. The fourth-order valence-electron chi connectivity index (χ4n) is 1.04. The molecule has 0 spiro atoms. The Bertz CT molecular complexity index is 240. The Kier molecular flexibility index (Phi) is 3.18. The maximum atomic E-state index is 5.73. The summed E-state index contributed by atoms with van der Waals surface area (Å²) in [5, 5.41) is 0. The van der Waals surface area contributed by atoms with Crippen molar-refractivity contribution in [2.24, 2.45) is 0 Å². The molecule has 1 rings (SSSR count). The van der Waals surface area contributed by atoms with Crippen LogP contribution in [0.3, 0.4) is 0 Å². The van der Waals surface area contributed by atoms with Crippen LogP contribution in [0.15, 0.2) is 36.9 Å². The number of halogens is 1. The largest absolute Gasteiger partial charge is 0.122 e. The van der Waals surface area contributed by atoms with Crippen LogP contribution in [0, 0.1) is 0 Å². The summed E-state index contributed by atoms with van der Waals surface area (Å²) in [5.74, 6) is 0.587. The Morgan fingerprint density at radius 2 is 1.91 bits per heavy atom. The molecule has 0 fully saturated rings. The van der Waals surface area contributed by atoms with E-state index < -0.39 is 0 Å². The van der Waals surface area contributed by atoms with E-state index >= 15 is 0 Å². The molecule has 0 saturated heterocycles. The molecule has 0 heterocycles. The van der Waals surface area contributed by atoms with Crippen molar-refractivity contribution >= 4 is 11.6 Å². The molecule has 0 aliphatic rings. The lowest BCUT2D eigenvalue weighted by Crippen LogP contribution is -1.87. The molecule has 0 aromatic heterocycles. The highest BCUT2D eigenvalue weighted by molar-refractivity contribution is 6.17. The van der Waals surface area contributed by atoms with Crippen molar-refractivity contribution in [2.75, 3.05) is 0 Å². The third-order valence-electron chi connectivity index (χ3n) is 1.63. The summed E-state index contributed by atoms with van der Waals surface area (Å²) in [4.78, 5) is 0. The predicted molar refractivity (Wildman–Crippen MR) is 49.9 cm³/mol. The minimum absolute atomic E-state index is 0.587. The predicted octanol–water partition coefficient (Wildman–Crippen LogP) is 3.15. The zero-order valence-corrected chi connectivity index (χ0v) is 7.14. The molecule has 0 atom stereocenters. The summed E-state index contributed by atoms with van der Waals surface area (Å²) < 4.78 is 0. The van der Waals surface area contributed by atoms with Gasteiger partial charge < -0.3 is 0 Å². The lowest BCUT2D eigenvalue weighted by molar-refractivity contribution is 1.20. The monoisotopic (exact) mass is 166 g/mol. The summed E-state index contributed by atoms with van der Waals surface area (Å²) in [5.41, 5.74) is 2.48. The summed E-state index contributed by atoms with van der Waals surface area (Å²) in [7, 11) is 0. The lowest BCUT2D eigenvalue weighted by atomic mass is 10.1. The molecule has 1 heteroatoms. The first-order chi connectivity index (χ1) is 5.38. The van der Waals surface area contributed by atoms with Crippen LogP contribution in [0.2, 0.25) is 0 Å². The van der Waals surface area contributed by atoms with E-state index in [1.165, 1.54) is 11.1 Å². The Morgan fingerprint density at radius 1 is 1.27 bits per heavy atom. The zero-order chi connectivity index (χ0) is 8.10. The van der Waals surface area contributed by atoms with Gasteiger partial charge in [0.25, 0.3) is 0 Å². The Labute approximate surface area is 72.5 Å². The average Bonchev–Trinajstić information content (AvgIpc) is 2.06. The van der Waals surface area contributed by atoms with Gasteiger partial charge in [0.05, 0.1) is 0 Å². The minimum Gasteiger partial charge on any atom is -0.122 e. The Hall–Kier alpha value is -0.750. The van der Waals surface area contributed by atoms with E-state index in [0.717, 1.165) is 6.42 Å². The first-order valence-corrected chi connectivity index (χ1v) is 4.15. The molecule has 1 aromatic rings. The second-order valence-corrected chi connectivity index (χ2v) is 2.66. The first kappa shape index (κ1) is 8.35. The first-order valence-electron chi connectivity index (χ1n) is 3.62. The molecular formula is C10H11Cl. The van der Waals surface area contributed by atoms with Crippen LogP contribution in [0.25, 0.3) is 0 Å². The molecule has 0 aliphatic carbocycles. The zero-order valence-electron chi connectivity index (χ0n) is 6.39. The summed E-state index contributed by atoms with van der Waals surface area (Å²) in [6.07, 6.45) is 2.80. The number of allylic oxidation sites excluding steroid dienone is 1. The fourth-order valence-corrected chi connectivity index (χ4v) is 1.30. The van der Waals surface area contributed by atoms with Crippen molar-refractivity contribution in [3.05, 3.63) is 48.0 Å². The van der Waals surface area contributed by atoms with Crippen LogP contribution in [0.1, 0.15) is 11.1 Å². The maximum Gasteiger partial charge on any atom is 0.0476 e. The molecule has 0 aliphatic heterocycles. The normalized spacial score (nSPS) is 9.55. The van der Waals surface area contributed by atoms with Gasteiger partial charge in [-0.15, -0.1) is 18.2 Å². The molecule has 0 N–H and O–H groups in total. The van der Waals surface area contributed by atoms with Gasteiger partial charge in [0.15, 0.2) is 0 Å². The van der Waals surface area contributed by atoms with Crippen LogP contribution in [0.4, 0.5) is 0 Å². The van der Waals surface area contributed by atoms with Gasteiger partial charge in [0.2, 0.25) is 0 Å². The van der Waals surface area contributed by atoms with Crippen LogP contribution in [0.5, 0.6) is 0 Å². The highest BCUT2D eigenvalue weighted by Crippen LogP contribution is 2.11. The van der Waals surface area contributed by atoms with Crippen LogP contribution in [-0.4, -0.2) is 0 Å². The fraction of sp³-hybridized carbons (Fsp3) is 0.200. The van der Waals surface area contributed by atoms with Crippen LogP contribution >= 0.6 is 11.6 Å². The smallest absolute Gasteiger partial charge is 0.0476 e. The van der Waals surface area contributed by atoms with Crippen molar-refractivity contribution in [3.63, 3.8) is 0 Å². The standard InChI is InChI=1S/C10H11Cl/c1-2-5-9-6-3-4-7-10(9)8-11/h2-4,6-7H,1,5,8H2. The van der Waals surface area contributed by atoms with E-state index in [0.29, 0.717) is 5.88 Å². The Morgan fingerprint density at radius 3 is 2.45 bits per heavy atom. The third-order valence-corrected chi connectivity index (χ3v) is 1.91. The van der Waals surface area contributed by atoms with Gasteiger partial charge in [0.1, 0.15) is 0 Å². The summed E-state index contributed by atoms with van der Waals surface area (Å²) in [6, 6.07) is 8.16. The molecule has 0 bridgehead atoms. The van der Waals surface area contributed by atoms with Crippen LogP contribution in [-0.2, 0) is 12.3 Å². The molecule has 58 valence electrons. The van der Waals surface area contributed by atoms with Crippen molar-refractivity contribution in [2.45, 2.75) is 12.3 Å². The number of hydrogen-bond donors (Lipinski definition) is 0. The maximum absolute atomic E-state index is 5.73. The number of alkyl halides is 1. The summed E-state index contributed by atoms with van der Waals surface area (Å²) >= 11 is 5.73. The molecule has 11 heavy (non-hydrogen) atoms. The molecule has 0 radical (unpaired) electrons. The molecule has 1 aromatic carbocycles. The van der Waals surface area contributed by atoms with E-state index in [9.17, 15) is 0 Å². The van der Waals surface area contributed by atoms with E-state index in [-0.39, 0.29) is 0 Å². The number of rotatable bonds is 3. The van der Waals surface area contributed by atoms with Gasteiger partial charge >= 0.3 is 0 Å². The number of benzene rings is 1. The quantitative estimate of drug-likeness (QED) is 0.478. The van der Waals surface area contributed by atoms with E-state index in [1.807, 2.05) is 24.3 Å². The van der Waals surface area contributed by atoms with Gasteiger partial charge in [-0.1, -0.05) is 30.3 Å². The lowest BCUT2D eigenvalue weighted by Gasteiger charge is -2.02. The topological polar surface area (TPSA) is 0 Å².